The summed E-state index contributed by atoms with van der Waals surface area (Å²) < 4.78 is 0. The van der Waals surface area contributed by atoms with Crippen LogP contribution in [0, 0.1) is 5.41 Å². The van der Waals surface area contributed by atoms with Gasteiger partial charge in [0.1, 0.15) is 0 Å². The zero-order chi connectivity index (χ0) is 9.14. The van der Waals surface area contributed by atoms with Crippen LogP contribution in [0.1, 0.15) is 10.4 Å². The Kier molecular flexibility index (Phi) is 2.45. The smallest absolute Gasteiger partial charge is 0.228 e. The van der Waals surface area contributed by atoms with E-state index in [4.69, 9.17) is 22.7 Å². The van der Waals surface area contributed by atoms with Crippen molar-refractivity contribution in [3.8, 4) is 0 Å². The molecule has 0 amide bonds. The molecule has 0 aromatic heterocycles. The van der Waals surface area contributed by atoms with Crippen molar-refractivity contribution in [1.82, 2.24) is 0 Å². The quantitative estimate of drug-likeness (QED) is 0.413. The molecule has 0 spiro atoms. The second kappa shape index (κ2) is 3.36. The van der Waals surface area contributed by atoms with Gasteiger partial charge in [-0.1, -0.05) is 23.7 Å². The number of carbonyl (C=O) groups excluding carboxylic acids is 1. The molecule has 1 aromatic rings. The number of benzene rings is 1. The number of hydrogen-bond acceptors (Lipinski definition) is 2. The Labute approximate surface area is 74.7 Å². The molecule has 1 aromatic carbocycles. The van der Waals surface area contributed by atoms with Gasteiger partial charge in [-0.2, -0.15) is 0 Å². The molecule has 0 aliphatic carbocycles. The Bertz CT molecular complexity index is 336. The molecule has 3 nitrogen and oxygen atoms in total. The Balaban J connectivity index is 3.11. The fourth-order valence-corrected chi connectivity index (χ4v) is 1.01. The molecule has 0 aliphatic rings. The molecule has 0 saturated heterocycles. The van der Waals surface area contributed by atoms with Crippen LogP contribution in [-0.4, -0.2) is 11.6 Å². The van der Waals surface area contributed by atoms with E-state index < -0.39 is 11.6 Å². The van der Waals surface area contributed by atoms with Gasteiger partial charge in [-0.15, -0.1) is 0 Å². The lowest BCUT2D eigenvalue weighted by molar-refractivity contribution is 0.106. The number of ketones is 1. The van der Waals surface area contributed by atoms with E-state index in [1.165, 1.54) is 6.07 Å². The van der Waals surface area contributed by atoms with E-state index >= 15 is 0 Å². The van der Waals surface area contributed by atoms with Crippen molar-refractivity contribution in [2.24, 2.45) is 5.73 Å². The fraction of sp³-hybridized carbons (Fsp3) is 0. The van der Waals surface area contributed by atoms with Gasteiger partial charge in [0.05, 0.1) is 5.02 Å². The number of carbonyl (C=O) groups is 1. The van der Waals surface area contributed by atoms with E-state index in [9.17, 15) is 4.79 Å². The maximum absolute atomic E-state index is 11.1. The van der Waals surface area contributed by atoms with Crippen LogP contribution in [0.25, 0.3) is 0 Å². The molecule has 0 radical (unpaired) electrons. The lowest BCUT2D eigenvalue weighted by Crippen LogP contribution is -2.22. The van der Waals surface area contributed by atoms with Gasteiger partial charge in [0.2, 0.25) is 5.78 Å². The lowest BCUT2D eigenvalue weighted by Gasteiger charge is -1.99. The van der Waals surface area contributed by atoms with Crippen LogP contribution < -0.4 is 5.73 Å². The van der Waals surface area contributed by atoms with Gasteiger partial charge in [-0.05, 0) is 12.1 Å². The van der Waals surface area contributed by atoms with Gasteiger partial charge in [0, 0.05) is 5.56 Å². The average molecular weight is 183 g/mol. The molecule has 0 saturated carbocycles. The predicted octanol–water partition coefficient (Wildman–Crippen LogP) is 1.46. The largest absolute Gasteiger partial charge is 0.381 e. The number of nitrogens with one attached hydrogen (secondary N) is 1. The van der Waals surface area contributed by atoms with Gasteiger partial charge < -0.3 is 5.73 Å². The number of nitrogens with two attached hydrogens (primary N) is 1. The van der Waals surface area contributed by atoms with E-state index in [0.29, 0.717) is 5.02 Å². The summed E-state index contributed by atoms with van der Waals surface area (Å²) >= 11 is 5.69. The van der Waals surface area contributed by atoms with Crippen LogP contribution in [0.3, 0.4) is 0 Å². The van der Waals surface area contributed by atoms with Crippen molar-refractivity contribution in [3.05, 3.63) is 34.9 Å². The second-order valence-electron chi connectivity index (χ2n) is 2.22. The molecular weight excluding hydrogens is 176 g/mol. The molecule has 0 fully saturated rings. The molecule has 0 aliphatic heterocycles. The molecular formula is C8H7ClN2O. The van der Waals surface area contributed by atoms with Crippen molar-refractivity contribution < 1.29 is 4.79 Å². The first-order chi connectivity index (χ1) is 5.63. The van der Waals surface area contributed by atoms with Crippen LogP contribution in [0.4, 0.5) is 0 Å². The van der Waals surface area contributed by atoms with Crippen molar-refractivity contribution in [3.63, 3.8) is 0 Å². The summed E-state index contributed by atoms with van der Waals surface area (Å²) in [7, 11) is 0. The minimum Gasteiger partial charge on any atom is -0.381 e. The monoisotopic (exact) mass is 182 g/mol. The Morgan fingerprint density at radius 2 is 2.00 bits per heavy atom. The van der Waals surface area contributed by atoms with Gasteiger partial charge in [0.25, 0.3) is 0 Å². The highest BCUT2D eigenvalue weighted by molar-refractivity contribution is 6.47. The summed E-state index contributed by atoms with van der Waals surface area (Å²) in [5.41, 5.74) is 5.28. The van der Waals surface area contributed by atoms with Gasteiger partial charge >= 0.3 is 0 Å². The molecule has 0 unspecified atom stereocenters. The minimum absolute atomic E-state index is 0.270. The number of amidine groups is 1. The molecule has 12 heavy (non-hydrogen) atoms. The van der Waals surface area contributed by atoms with E-state index in [0.717, 1.165) is 0 Å². The summed E-state index contributed by atoms with van der Waals surface area (Å²) in [5, 5.41) is 7.22. The summed E-state index contributed by atoms with van der Waals surface area (Å²) in [4.78, 5) is 11.1. The summed E-state index contributed by atoms with van der Waals surface area (Å²) in [6, 6.07) is 6.49. The SMILES string of the molecule is N=C(N)C(=O)c1ccccc1Cl. The van der Waals surface area contributed by atoms with Crippen molar-refractivity contribution in [1.29, 1.82) is 5.41 Å². The lowest BCUT2D eigenvalue weighted by atomic mass is 10.1. The normalized spacial score (nSPS) is 9.42. The van der Waals surface area contributed by atoms with Crippen LogP contribution >= 0.6 is 11.6 Å². The van der Waals surface area contributed by atoms with E-state index in [2.05, 4.69) is 0 Å². The third-order valence-electron chi connectivity index (χ3n) is 1.36. The summed E-state index contributed by atoms with van der Waals surface area (Å²) in [5.74, 6) is -1.04. The van der Waals surface area contributed by atoms with Gasteiger partial charge in [0.15, 0.2) is 5.84 Å². The second-order valence-corrected chi connectivity index (χ2v) is 2.63. The van der Waals surface area contributed by atoms with Crippen LogP contribution in [-0.2, 0) is 0 Å². The van der Waals surface area contributed by atoms with Crippen molar-refractivity contribution in [2.75, 3.05) is 0 Å². The highest BCUT2D eigenvalue weighted by Gasteiger charge is 2.11. The molecule has 0 bridgehead atoms. The molecule has 4 heteroatoms. The van der Waals surface area contributed by atoms with Gasteiger partial charge in [-0.3, -0.25) is 10.2 Å². The van der Waals surface area contributed by atoms with E-state index in [1.807, 2.05) is 0 Å². The average Bonchev–Trinajstić information content (AvgIpc) is 2.04. The maximum atomic E-state index is 11.1. The molecule has 0 heterocycles. The first-order valence-electron chi connectivity index (χ1n) is 3.26. The Hall–Kier alpha value is -1.35. The topological polar surface area (TPSA) is 66.9 Å². The zero-order valence-electron chi connectivity index (χ0n) is 6.17. The fourth-order valence-electron chi connectivity index (χ4n) is 0.790. The summed E-state index contributed by atoms with van der Waals surface area (Å²) in [6.07, 6.45) is 0. The van der Waals surface area contributed by atoms with Crippen LogP contribution in [0.2, 0.25) is 5.02 Å². The zero-order valence-corrected chi connectivity index (χ0v) is 6.93. The predicted molar refractivity (Wildman–Crippen MR) is 47.7 cm³/mol. The third-order valence-corrected chi connectivity index (χ3v) is 1.69. The third kappa shape index (κ3) is 1.62. The number of hydrogen-bond donors (Lipinski definition) is 2. The first kappa shape index (κ1) is 8.74. The molecule has 3 N–H and O–H groups in total. The highest BCUT2D eigenvalue weighted by Crippen LogP contribution is 2.14. The number of rotatable bonds is 2. The Morgan fingerprint density at radius 1 is 1.42 bits per heavy atom. The van der Waals surface area contributed by atoms with Crippen LogP contribution in [0.5, 0.6) is 0 Å². The molecule has 62 valence electrons. The van der Waals surface area contributed by atoms with Gasteiger partial charge in [-0.25, -0.2) is 0 Å². The number of Topliss-reactive ketones (excluding diaryl/α,β-unsaturated/α-hetero) is 1. The molecule has 0 atom stereocenters. The first-order valence-corrected chi connectivity index (χ1v) is 3.64. The van der Waals surface area contributed by atoms with Crippen LogP contribution in [0.15, 0.2) is 24.3 Å². The summed E-state index contributed by atoms with van der Waals surface area (Å²) in [6.45, 7) is 0. The van der Waals surface area contributed by atoms with Crippen molar-refractivity contribution in [2.45, 2.75) is 0 Å². The van der Waals surface area contributed by atoms with E-state index in [-0.39, 0.29) is 5.56 Å². The maximum Gasteiger partial charge on any atom is 0.228 e. The minimum atomic E-state index is -0.541. The van der Waals surface area contributed by atoms with E-state index in [1.54, 1.807) is 18.2 Å². The van der Waals surface area contributed by atoms with Crippen molar-refractivity contribution >= 4 is 23.2 Å². The molecule has 1 rings (SSSR count). The standard InChI is InChI=1S/C8H7ClN2O/c9-6-4-2-1-3-5(6)7(12)8(10)11/h1-4H,(H3,10,11). The Morgan fingerprint density at radius 3 is 2.50 bits per heavy atom. The highest BCUT2D eigenvalue weighted by atomic mass is 35.5. The number of halogens is 1.